The second kappa shape index (κ2) is 4.98. The topological polar surface area (TPSA) is 43.1 Å². The Morgan fingerprint density at radius 1 is 1.47 bits per heavy atom. The minimum Gasteiger partial charge on any atom is -0.328 e. The molecule has 0 fully saturated rings. The number of carbonyl (C=O) groups excluding carboxylic acids is 1. The first-order valence-electron chi connectivity index (χ1n) is 4.71. The predicted molar refractivity (Wildman–Crippen MR) is 53.3 cm³/mol. The monoisotopic (exact) mass is 213 g/mol. The highest BCUT2D eigenvalue weighted by molar-refractivity contribution is 5.81. The van der Waals surface area contributed by atoms with E-state index < -0.39 is 11.6 Å². The summed E-state index contributed by atoms with van der Waals surface area (Å²) < 4.78 is 25.9. The second-order valence-electron chi connectivity index (χ2n) is 3.61. The Kier molecular flexibility index (Phi) is 3.91. The lowest BCUT2D eigenvalue weighted by molar-refractivity contribution is -0.118. The van der Waals surface area contributed by atoms with Crippen LogP contribution in [0.25, 0.3) is 0 Å². The number of rotatable bonds is 4. The molecule has 15 heavy (non-hydrogen) atoms. The molecule has 1 rings (SSSR count). The van der Waals surface area contributed by atoms with E-state index in [2.05, 4.69) is 0 Å². The van der Waals surface area contributed by atoms with Crippen molar-refractivity contribution in [1.29, 1.82) is 0 Å². The molecule has 0 bridgehead atoms. The smallest absolute Gasteiger partial charge is 0.162 e. The molecule has 2 nitrogen and oxygen atoms in total. The van der Waals surface area contributed by atoms with Crippen molar-refractivity contribution in [3.63, 3.8) is 0 Å². The molecule has 82 valence electrons. The van der Waals surface area contributed by atoms with E-state index in [1.165, 1.54) is 12.1 Å². The molecule has 1 aromatic rings. The number of hydrogen-bond acceptors (Lipinski definition) is 2. The molecule has 2 N–H and O–H groups in total. The van der Waals surface area contributed by atoms with Crippen LogP contribution in [-0.2, 0) is 11.2 Å². The van der Waals surface area contributed by atoms with Crippen LogP contribution < -0.4 is 5.73 Å². The molecule has 0 saturated carbocycles. The fraction of sp³-hybridized carbons (Fsp3) is 0.364. The molecule has 0 amide bonds. The predicted octanol–water partition coefficient (Wildman–Crippen LogP) is 1.81. The van der Waals surface area contributed by atoms with E-state index in [0.717, 1.165) is 6.07 Å². The summed E-state index contributed by atoms with van der Waals surface area (Å²) in [6.45, 7) is 1.69. The first-order chi connectivity index (χ1) is 7.00. The Balaban J connectivity index is 2.73. The van der Waals surface area contributed by atoms with Crippen LogP contribution >= 0.6 is 0 Å². The SMILES string of the molecule is CC(N)CC(=O)Cc1cccc(F)c1F. The van der Waals surface area contributed by atoms with Crippen LogP contribution in [0.15, 0.2) is 18.2 Å². The standard InChI is InChI=1S/C11H13F2NO/c1-7(14)5-9(15)6-8-3-2-4-10(12)11(8)13/h2-4,7H,5-6,14H2,1H3. The number of nitrogens with two attached hydrogens (primary N) is 1. The van der Waals surface area contributed by atoms with Crippen molar-refractivity contribution in [2.24, 2.45) is 5.73 Å². The molecule has 0 aliphatic rings. The first kappa shape index (κ1) is 11.8. The molecule has 0 aliphatic heterocycles. The van der Waals surface area contributed by atoms with Crippen LogP contribution in [0.1, 0.15) is 18.9 Å². The quantitative estimate of drug-likeness (QED) is 0.828. The van der Waals surface area contributed by atoms with E-state index in [1.807, 2.05) is 0 Å². The normalized spacial score (nSPS) is 12.5. The van der Waals surface area contributed by atoms with Gasteiger partial charge in [-0.3, -0.25) is 4.79 Å². The maximum absolute atomic E-state index is 13.1. The minimum atomic E-state index is -0.949. The van der Waals surface area contributed by atoms with E-state index in [1.54, 1.807) is 6.92 Å². The van der Waals surface area contributed by atoms with Gasteiger partial charge >= 0.3 is 0 Å². The number of ketones is 1. The average molecular weight is 213 g/mol. The van der Waals surface area contributed by atoms with Gasteiger partial charge in [0.2, 0.25) is 0 Å². The van der Waals surface area contributed by atoms with E-state index in [4.69, 9.17) is 5.73 Å². The van der Waals surface area contributed by atoms with Crippen molar-refractivity contribution >= 4 is 5.78 Å². The van der Waals surface area contributed by atoms with Gasteiger partial charge in [0.1, 0.15) is 5.78 Å². The van der Waals surface area contributed by atoms with Crippen LogP contribution in [0.3, 0.4) is 0 Å². The molecular weight excluding hydrogens is 200 g/mol. The molecule has 1 aromatic carbocycles. The maximum atomic E-state index is 13.1. The van der Waals surface area contributed by atoms with E-state index in [9.17, 15) is 13.6 Å². The van der Waals surface area contributed by atoms with Crippen molar-refractivity contribution < 1.29 is 13.6 Å². The Bertz CT molecular complexity index is 364. The number of halogens is 2. The lowest BCUT2D eigenvalue weighted by atomic mass is 10.0. The highest BCUT2D eigenvalue weighted by atomic mass is 19.2. The van der Waals surface area contributed by atoms with Gasteiger partial charge in [-0.15, -0.1) is 0 Å². The number of benzene rings is 1. The third-order valence-electron chi connectivity index (χ3n) is 1.97. The fourth-order valence-corrected chi connectivity index (χ4v) is 1.33. The maximum Gasteiger partial charge on any atom is 0.162 e. The van der Waals surface area contributed by atoms with Crippen LogP contribution in [0.2, 0.25) is 0 Å². The van der Waals surface area contributed by atoms with Gasteiger partial charge in [0, 0.05) is 18.9 Å². The minimum absolute atomic E-state index is 0.0839. The van der Waals surface area contributed by atoms with Gasteiger partial charge < -0.3 is 5.73 Å². The van der Waals surface area contributed by atoms with Gasteiger partial charge in [0.25, 0.3) is 0 Å². The zero-order chi connectivity index (χ0) is 11.4. The Morgan fingerprint density at radius 3 is 2.73 bits per heavy atom. The molecule has 0 aliphatic carbocycles. The molecule has 0 aromatic heterocycles. The molecule has 0 spiro atoms. The summed E-state index contributed by atoms with van der Waals surface area (Å²) in [6.07, 6.45) is 0.0705. The van der Waals surface area contributed by atoms with Crippen LogP contribution in [-0.4, -0.2) is 11.8 Å². The Morgan fingerprint density at radius 2 is 2.13 bits per heavy atom. The van der Waals surface area contributed by atoms with E-state index >= 15 is 0 Å². The van der Waals surface area contributed by atoms with Crippen LogP contribution in [0, 0.1) is 11.6 Å². The summed E-state index contributed by atoms with van der Waals surface area (Å²) in [5.74, 6) is -2.06. The third kappa shape index (κ3) is 3.40. The summed E-state index contributed by atoms with van der Waals surface area (Å²) in [5.41, 5.74) is 5.51. The fourth-order valence-electron chi connectivity index (χ4n) is 1.33. The summed E-state index contributed by atoms with van der Waals surface area (Å²) >= 11 is 0. The molecule has 4 heteroatoms. The Labute approximate surface area is 87.1 Å². The second-order valence-corrected chi connectivity index (χ2v) is 3.61. The van der Waals surface area contributed by atoms with Crippen LogP contribution in [0.4, 0.5) is 8.78 Å². The summed E-state index contributed by atoms with van der Waals surface area (Å²) in [5, 5.41) is 0. The van der Waals surface area contributed by atoms with Gasteiger partial charge in [-0.1, -0.05) is 12.1 Å². The largest absolute Gasteiger partial charge is 0.328 e. The number of Topliss-reactive ketones (excluding diaryl/α,β-unsaturated/α-hetero) is 1. The molecular formula is C11H13F2NO. The zero-order valence-corrected chi connectivity index (χ0v) is 8.47. The highest BCUT2D eigenvalue weighted by Crippen LogP contribution is 2.12. The Hall–Kier alpha value is -1.29. The summed E-state index contributed by atoms with van der Waals surface area (Å²) in [7, 11) is 0. The van der Waals surface area contributed by atoms with Crippen molar-refractivity contribution in [3.8, 4) is 0 Å². The first-order valence-corrected chi connectivity index (χ1v) is 4.71. The molecule has 0 saturated heterocycles. The van der Waals surface area contributed by atoms with Gasteiger partial charge in [0.15, 0.2) is 11.6 Å². The zero-order valence-electron chi connectivity index (χ0n) is 8.47. The molecule has 0 radical (unpaired) electrons. The number of carbonyl (C=O) groups is 1. The molecule has 1 atom stereocenters. The van der Waals surface area contributed by atoms with Gasteiger partial charge in [-0.2, -0.15) is 0 Å². The van der Waals surface area contributed by atoms with Gasteiger partial charge in [0.05, 0.1) is 0 Å². The van der Waals surface area contributed by atoms with Crippen molar-refractivity contribution in [3.05, 3.63) is 35.4 Å². The van der Waals surface area contributed by atoms with Crippen molar-refractivity contribution in [1.82, 2.24) is 0 Å². The van der Waals surface area contributed by atoms with Crippen molar-refractivity contribution in [2.75, 3.05) is 0 Å². The summed E-state index contributed by atoms with van der Waals surface area (Å²) in [4.78, 5) is 11.3. The van der Waals surface area contributed by atoms with Crippen LogP contribution in [0.5, 0.6) is 0 Å². The lowest BCUT2D eigenvalue weighted by Crippen LogP contribution is -2.21. The molecule has 1 unspecified atom stereocenters. The number of hydrogen-bond donors (Lipinski definition) is 1. The van der Waals surface area contributed by atoms with Gasteiger partial charge in [-0.05, 0) is 18.6 Å². The van der Waals surface area contributed by atoms with E-state index in [-0.39, 0.29) is 30.2 Å². The van der Waals surface area contributed by atoms with E-state index in [0.29, 0.717) is 0 Å². The average Bonchev–Trinajstić information content (AvgIpc) is 2.11. The summed E-state index contributed by atoms with van der Waals surface area (Å²) in [6, 6.07) is 3.55. The van der Waals surface area contributed by atoms with Crippen molar-refractivity contribution in [2.45, 2.75) is 25.8 Å². The van der Waals surface area contributed by atoms with Gasteiger partial charge in [-0.25, -0.2) is 8.78 Å². The lowest BCUT2D eigenvalue weighted by Gasteiger charge is -2.05. The third-order valence-corrected chi connectivity index (χ3v) is 1.97. The highest BCUT2D eigenvalue weighted by Gasteiger charge is 2.12. The molecule has 0 heterocycles.